The van der Waals surface area contributed by atoms with Crippen molar-refractivity contribution in [2.45, 2.75) is 65.6 Å². The molecule has 2 atom stereocenters. The summed E-state index contributed by atoms with van der Waals surface area (Å²) in [4.78, 5) is 14.4. The first-order chi connectivity index (χ1) is 8.32. The lowest BCUT2D eigenvalue weighted by atomic mass is 9.92. The molecule has 0 aromatic carbocycles. The summed E-state index contributed by atoms with van der Waals surface area (Å²) in [6, 6.07) is 0.810. The molecule has 0 aliphatic rings. The van der Waals surface area contributed by atoms with Gasteiger partial charge in [0.15, 0.2) is 0 Å². The van der Waals surface area contributed by atoms with Crippen LogP contribution in [0.1, 0.15) is 48.0 Å². The zero-order valence-corrected chi connectivity index (χ0v) is 13.0. The number of hydrogen-bond donors (Lipinski definition) is 1. The predicted molar refractivity (Wildman–Crippen MR) is 75.7 cm³/mol. The summed E-state index contributed by atoms with van der Waals surface area (Å²) >= 11 is 0. The molecular weight excluding hydrogens is 228 g/mol. The van der Waals surface area contributed by atoms with Crippen molar-refractivity contribution < 1.29 is 9.53 Å². The summed E-state index contributed by atoms with van der Waals surface area (Å²) in [6.07, 6.45) is 0.744. The average Bonchev–Trinajstić information content (AvgIpc) is 2.29. The number of hydrogen-bond acceptors (Lipinski definition) is 4. The highest BCUT2D eigenvalue weighted by Crippen LogP contribution is 2.19. The first kappa shape index (κ1) is 17.4. The molecule has 0 saturated heterocycles. The molecular formula is C14H30N2O2. The Morgan fingerprint density at radius 3 is 2.22 bits per heavy atom. The third-order valence-corrected chi connectivity index (χ3v) is 3.58. The second-order valence-electron chi connectivity index (χ2n) is 5.28. The lowest BCUT2D eigenvalue weighted by Gasteiger charge is -2.37. The fourth-order valence-electron chi connectivity index (χ4n) is 2.47. The van der Waals surface area contributed by atoms with Crippen LogP contribution < -0.4 is 5.32 Å². The Morgan fingerprint density at radius 2 is 1.89 bits per heavy atom. The van der Waals surface area contributed by atoms with Gasteiger partial charge >= 0.3 is 5.97 Å². The van der Waals surface area contributed by atoms with Crippen molar-refractivity contribution in [3.8, 4) is 0 Å². The van der Waals surface area contributed by atoms with Crippen LogP contribution in [0, 0.1) is 0 Å². The van der Waals surface area contributed by atoms with Crippen molar-refractivity contribution in [1.29, 1.82) is 0 Å². The number of likely N-dealkylation sites (N-methyl/N-ethyl adjacent to an activating group) is 1. The van der Waals surface area contributed by atoms with Crippen LogP contribution in [0.2, 0.25) is 0 Å². The second kappa shape index (κ2) is 7.74. The molecule has 0 aromatic heterocycles. The number of nitrogens with zero attached hydrogens (tertiary/aromatic N) is 1. The third-order valence-electron chi connectivity index (χ3n) is 3.58. The number of nitrogens with one attached hydrogen (secondary N) is 1. The second-order valence-corrected chi connectivity index (χ2v) is 5.28. The molecule has 0 amide bonds. The largest absolute Gasteiger partial charge is 0.465 e. The molecule has 0 aliphatic heterocycles. The Bertz CT molecular complexity index is 256. The third kappa shape index (κ3) is 4.58. The van der Waals surface area contributed by atoms with Gasteiger partial charge in [-0.3, -0.25) is 9.69 Å². The minimum Gasteiger partial charge on any atom is -0.465 e. The van der Waals surface area contributed by atoms with Crippen LogP contribution in [0.15, 0.2) is 0 Å². The SMILES string of the molecule is CCOC(=O)C(C)(CC(C)N(CC)C(C)C)NC. The van der Waals surface area contributed by atoms with Gasteiger partial charge in [0.25, 0.3) is 0 Å². The Kier molecular flexibility index (Phi) is 7.48. The van der Waals surface area contributed by atoms with E-state index in [0.717, 1.165) is 13.0 Å². The lowest BCUT2D eigenvalue weighted by Crippen LogP contribution is -2.53. The zero-order valence-electron chi connectivity index (χ0n) is 13.0. The molecule has 0 heterocycles. The van der Waals surface area contributed by atoms with Gasteiger partial charge in [0.05, 0.1) is 6.61 Å². The highest BCUT2D eigenvalue weighted by Gasteiger charge is 2.36. The highest BCUT2D eigenvalue weighted by molar-refractivity contribution is 5.80. The van der Waals surface area contributed by atoms with E-state index < -0.39 is 5.54 Å². The van der Waals surface area contributed by atoms with Crippen LogP contribution in [-0.4, -0.2) is 48.7 Å². The first-order valence-corrected chi connectivity index (χ1v) is 6.94. The topological polar surface area (TPSA) is 41.6 Å². The molecule has 0 spiro atoms. The zero-order chi connectivity index (χ0) is 14.3. The van der Waals surface area contributed by atoms with Gasteiger partial charge < -0.3 is 10.1 Å². The molecule has 0 aliphatic carbocycles. The number of rotatable bonds is 8. The summed E-state index contributed by atoms with van der Waals surface area (Å²) in [5.41, 5.74) is -0.613. The number of carbonyl (C=O) groups is 1. The lowest BCUT2D eigenvalue weighted by molar-refractivity contribution is -0.151. The van der Waals surface area contributed by atoms with Crippen molar-refractivity contribution in [2.24, 2.45) is 0 Å². The summed E-state index contributed by atoms with van der Waals surface area (Å²) in [5.74, 6) is -0.167. The van der Waals surface area contributed by atoms with E-state index in [1.54, 1.807) is 0 Å². The van der Waals surface area contributed by atoms with Crippen LogP contribution >= 0.6 is 0 Å². The van der Waals surface area contributed by atoms with E-state index in [0.29, 0.717) is 18.7 Å². The minimum absolute atomic E-state index is 0.167. The van der Waals surface area contributed by atoms with Crippen molar-refractivity contribution >= 4 is 5.97 Å². The molecule has 4 heteroatoms. The van der Waals surface area contributed by atoms with Crippen molar-refractivity contribution in [1.82, 2.24) is 10.2 Å². The van der Waals surface area contributed by atoms with E-state index in [1.165, 1.54) is 0 Å². The fraction of sp³-hybridized carbons (Fsp3) is 0.929. The Balaban J connectivity index is 4.74. The molecule has 0 radical (unpaired) electrons. The fourth-order valence-corrected chi connectivity index (χ4v) is 2.47. The van der Waals surface area contributed by atoms with Gasteiger partial charge in [-0.2, -0.15) is 0 Å². The molecule has 2 unspecified atom stereocenters. The average molecular weight is 258 g/mol. The quantitative estimate of drug-likeness (QED) is 0.677. The number of esters is 1. The van der Waals surface area contributed by atoms with Gasteiger partial charge in [0.2, 0.25) is 0 Å². The van der Waals surface area contributed by atoms with Gasteiger partial charge in [-0.1, -0.05) is 6.92 Å². The van der Waals surface area contributed by atoms with Crippen molar-refractivity contribution in [2.75, 3.05) is 20.2 Å². The van der Waals surface area contributed by atoms with Crippen LogP contribution in [0.3, 0.4) is 0 Å². The number of carbonyl (C=O) groups excluding carboxylic acids is 1. The minimum atomic E-state index is -0.613. The highest BCUT2D eigenvalue weighted by atomic mass is 16.5. The van der Waals surface area contributed by atoms with Crippen LogP contribution in [0.4, 0.5) is 0 Å². The maximum Gasteiger partial charge on any atom is 0.326 e. The molecule has 18 heavy (non-hydrogen) atoms. The van der Waals surface area contributed by atoms with Gasteiger partial charge in [-0.25, -0.2) is 0 Å². The molecule has 0 bridgehead atoms. The van der Waals surface area contributed by atoms with E-state index in [2.05, 4.69) is 37.9 Å². The molecule has 108 valence electrons. The van der Waals surface area contributed by atoms with E-state index >= 15 is 0 Å². The summed E-state index contributed by atoms with van der Waals surface area (Å²) < 4.78 is 5.15. The monoisotopic (exact) mass is 258 g/mol. The maximum atomic E-state index is 12.0. The van der Waals surface area contributed by atoms with Crippen molar-refractivity contribution in [3.63, 3.8) is 0 Å². The van der Waals surface area contributed by atoms with Crippen LogP contribution in [-0.2, 0) is 9.53 Å². The van der Waals surface area contributed by atoms with Gasteiger partial charge in [0, 0.05) is 12.1 Å². The predicted octanol–water partition coefficient (Wildman–Crippen LogP) is 2.04. The van der Waals surface area contributed by atoms with Crippen LogP contribution in [0.5, 0.6) is 0 Å². The van der Waals surface area contributed by atoms with Crippen LogP contribution in [0.25, 0.3) is 0 Å². The Morgan fingerprint density at radius 1 is 1.33 bits per heavy atom. The molecule has 4 nitrogen and oxygen atoms in total. The standard InChI is InChI=1S/C14H30N2O2/c1-8-16(11(3)4)12(5)10-14(6,15-7)13(17)18-9-2/h11-12,15H,8-10H2,1-7H3. The molecule has 0 saturated carbocycles. The van der Waals surface area contributed by atoms with E-state index in [1.807, 2.05) is 20.9 Å². The van der Waals surface area contributed by atoms with Gasteiger partial charge in [0.1, 0.15) is 5.54 Å². The molecule has 0 fully saturated rings. The van der Waals surface area contributed by atoms with Gasteiger partial charge in [-0.05, 0) is 54.6 Å². The van der Waals surface area contributed by atoms with E-state index in [-0.39, 0.29) is 5.97 Å². The summed E-state index contributed by atoms with van der Waals surface area (Å²) in [6.45, 7) is 13.8. The molecule has 0 aromatic rings. The van der Waals surface area contributed by atoms with Crippen molar-refractivity contribution in [3.05, 3.63) is 0 Å². The number of ether oxygens (including phenoxy) is 1. The summed E-state index contributed by atoms with van der Waals surface area (Å²) in [7, 11) is 1.81. The maximum absolute atomic E-state index is 12.0. The first-order valence-electron chi connectivity index (χ1n) is 6.94. The normalized spacial score (nSPS) is 16.7. The molecule has 0 rings (SSSR count). The smallest absolute Gasteiger partial charge is 0.326 e. The Labute approximate surface area is 112 Å². The van der Waals surface area contributed by atoms with E-state index in [9.17, 15) is 4.79 Å². The Hall–Kier alpha value is -0.610. The molecule has 1 N–H and O–H groups in total. The summed E-state index contributed by atoms with van der Waals surface area (Å²) in [5, 5.41) is 3.11. The van der Waals surface area contributed by atoms with E-state index in [4.69, 9.17) is 4.74 Å². The van der Waals surface area contributed by atoms with Gasteiger partial charge in [-0.15, -0.1) is 0 Å².